The summed E-state index contributed by atoms with van der Waals surface area (Å²) in [5, 5.41) is 0. The van der Waals surface area contributed by atoms with Crippen LogP contribution >= 0.6 is 0 Å². The molecule has 3 heterocycles. The SMILES string of the molecule is Cc1cc(C)cc(N2C(=O)C[C@H](N3CCN([C@H]4CC(=O)N(c5cc(C)cc(C)c5)C4=O)CC3)C2=O)c1. The summed E-state index contributed by atoms with van der Waals surface area (Å²) in [6.45, 7) is 10.1. The lowest BCUT2D eigenvalue weighted by molar-refractivity contribution is -0.126. The fourth-order valence-corrected chi connectivity index (χ4v) is 5.87. The molecule has 0 radical (unpaired) electrons. The van der Waals surface area contributed by atoms with Gasteiger partial charge in [-0.2, -0.15) is 0 Å². The number of carbonyl (C=O) groups excluding carboxylic acids is 4. The Kier molecular flexibility index (Phi) is 6.26. The van der Waals surface area contributed by atoms with E-state index in [1.807, 2.05) is 73.9 Å². The second-order valence-corrected chi connectivity index (χ2v) is 10.3. The van der Waals surface area contributed by atoms with Gasteiger partial charge in [0, 0.05) is 26.2 Å². The fourth-order valence-electron chi connectivity index (χ4n) is 5.87. The zero-order chi connectivity index (χ0) is 25.7. The molecule has 0 aliphatic carbocycles. The van der Waals surface area contributed by atoms with Crippen LogP contribution < -0.4 is 9.80 Å². The van der Waals surface area contributed by atoms with Gasteiger partial charge in [0.2, 0.25) is 11.8 Å². The van der Waals surface area contributed by atoms with Gasteiger partial charge in [0.1, 0.15) is 0 Å². The Hall–Kier alpha value is -3.36. The molecule has 2 aromatic rings. The minimum absolute atomic E-state index is 0.160. The Morgan fingerprint density at radius 2 is 0.833 bits per heavy atom. The molecule has 4 amide bonds. The summed E-state index contributed by atoms with van der Waals surface area (Å²) in [6, 6.07) is 10.5. The zero-order valence-corrected chi connectivity index (χ0v) is 21.3. The smallest absolute Gasteiger partial charge is 0.251 e. The van der Waals surface area contributed by atoms with Crippen LogP contribution in [0.3, 0.4) is 0 Å². The summed E-state index contributed by atoms with van der Waals surface area (Å²) >= 11 is 0. The first kappa shape index (κ1) is 24.3. The number of rotatable bonds is 4. The van der Waals surface area contributed by atoms with Crippen molar-refractivity contribution in [3.05, 3.63) is 58.7 Å². The average Bonchev–Trinajstić information content (AvgIpc) is 3.26. The highest BCUT2D eigenvalue weighted by Crippen LogP contribution is 2.30. The van der Waals surface area contributed by atoms with Gasteiger partial charge in [-0.1, -0.05) is 12.1 Å². The Bertz CT molecular complexity index is 1130. The van der Waals surface area contributed by atoms with Crippen molar-refractivity contribution in [2.24, 2.45) is 0 Å². The number of hydrogen-bond acceptors (Lipinski definition) is 6. The molecule has 0 spiro atoms. The van der Waals surface area contributed by atoms with Crippen LogP contribution in [0.25, 0.3) is 0 Å². The molecule has 0 N–H and O–H groups in total. The monoisotopic (exact) mass is 488 g/mol. The number of benzene rings is 2. The first-order chi connectivity index (χ1) is 17.1. The van der Waals surface area contributed by atoms with Gasteiger partial charge >= 0.3 is 0 Å². The molecule has 3 saturated heterocycles. The molecule has 5 rings (SSSR count). The molecule has 0 saturated carbocycles. The van der Waals surface area contributed by atoms with Gasteiger partial charge in [0.05, 0.1) is 36.3 Å². The number of carbonyl (C=O) groups is 4. The molecule has 2 aromatic carbocycles. The van der Waals surface area contributed by atoms with E-state index in [2.05, 4.69) is 0 Å². The molecule has 3 fully saturated rings. The highest BCUT2D eigenvalue weighted by molar-refractivity contribution is 6.23. The third-order valence-electron chi connectivity index (χ3n) is 7.41. The van der Waals surface area contributed by atoms with Gasteiger partial charge in [0.15, 0.2) is 0 Å². The standard InChI is InChI=1S/C28H32N4O4/c1-17-9-18(2)12-21(11-17)31-25(33)15-23(27(31)35)29-5-7-30(8-6-29)24-16-26(34)32(28(24)36)22-13-19(3)10-20(4)14-22/h9-14,23-24H,5-8,15-16H2,1-4H3/t23-,24-/m0/s1. The van der Waals surface area contributed by atoms with Crippen LogP contribution in [0.5, 0.6) is 0 Å². The molecule has 188 valence electrons. The van der Waals surface area contributed by atoms with Gasteiger partial charge < -0.3 is 0 Å². The summed E-state index contributed by atoms with van der Waals surface area (Å²) in [4.78, 5) is 58.9. The molecule has 3 aliphatic heterocycles. The third-order valence-corrected chi connectivity index (χ3v) is 7.41. The van der Waals surface area contributed by atoms with E-state index in [-0.39, 0.29) is 36.5 Å². The molecule has 36 heavy (non-hydrogen) atoms. The second kappa shape index (κ2) is 9.26. The van der Waals surface area contributed by atoms with Crippen LogP contribution in [-0.4, -0.2) is 71.7 Å². The van der Waals surface area contributed by atoms with E-state index in [1.54, 1.807) is 0 Å². The van der Waals surface area contributed by atoms with E-state index in [0.29, 0.717) is 37.6 Å². The van der Waals surface area contributed by atoms with E-state index in [9.17, 15) is 19.2 Å². The van der Waals surface area contributed by atoms with E-state index in [1.165, 1.54) is 9.80 Å². The maximum absolute atomic E-state index is 13.3. The lowest BCUT2D eigenvalue weighted by Crippen LogP contribution is -2.56. The highest BCUT2D eigenvalue weighted by Gasteiger charge is 2.46. The van der Waals surface area contributed by atoms with Crippen molar-refractivity contribution in [1.82, 2.24) is 9.80 Å². The van der Waals surface area contributed by atoms with Gasteiger partial charge in [0.25, 0.3) is 11.8 Å². The molecule has 0 bridgehead atoms. The van der Waals surface area contributed by atoms with Crippen molar-refractivity contribution in [2.75, 3.05) is 36.0 Å². The van der Waals surface area contributed by atoms with Crippen LogP contribution in [-0.2, 0) is 19.2 Å². The molecule has 0 aromatic heterocycles. The lowest BCUT2D eigenvalue weighted by atomic mass is 10.1. The maximum atomic E-state index is 13.3. The first-order valence-corrected chi connectivity index (χ1v) is 12.5. The van der Waals surface area contributed by atoms with Crippen molar-refractivity contribution >= 4 is 35.0 Å². The summed E-state index contributed by atoms with van der Waals surface area (Å²) in [6.07, 6.45) is 0.320. The topological polar surface area (TPSA) is 81.2 Å². The van der Waals surface area contributed by atoms with E-state index in [0.717, 1.165) is 22.3 Å². The van der Waals surface area contributed by atoms with E-state index < -0.39 is 12.1 Å². The van der Waals surface area contributed by atoms with Crippen LogP contribution in [0.4, 0.5) is 11.4 Å². The van der Waals surface area contributed by atoms with Gasteiger partial charge in [-0.05, 0) is 74.2 Å². The largest absolute Gasteiger partial charge is 0.289 e. The van der Waals surface area contributed by atoms with Crippen LogP contribution in [0.1, 0.15) is 35.1 Å². The minimum Gasteiger partial charge on any atom is -0.289 e. The number of anilines is 2. The molecule has 3 aliphatic rings. The second-order valence-electron chi connectivity index (χ2n) is 10.3. The number of imide groups is 2. The van der Waals surface area contributed by atoms with Crippen molar-refractivity contribution < 1.29 is 19.2 Å². The first-order valence-electron chi connectivity index (χ1n) is 12.5. The molecule has 8 heteroatoms. The Balaban J connectivity index is 1.25. The average molecular weight is 489 g/mol. The predicted octanol–water partition coefficient (Wildman–Crippen LogP) is 2.50. The zero-order valence-electron chi connectivity index (χ0n) is 21.3. The quantitative estimate of drug-likeness (QED) is 0.616. The molecule has 0 unspecified atom stereocenters. The van der Waals surface area contributed by atoms with Gasteiger partial charge in [-0.15, -0.1) is 0 Å². The number of nitrogens with zero attached hydrogens (tertiary/aromatic N) is 4. The third kappa shape index (κ3) is 4.35. The van der Waals surface area contributed by atoms with E-state index >= 15 is 0 Å². The summed E-state index contributed by atoms with van der Waals surface area (Å²) in [7, 11) is 0. The van der Waals surface area contributed by atoms with Crippen LogP contribution in [0, 0.1) is 27.7 Å². The van der Waals surface area contributed by atoms with Gasteiger partial charge in [-0.3, -0.25) is 29.0 Å². The highest BCUT2D eigenvalue weighted by atomic mass is 16.2. The fraction of sp³-hybridized carbons (Fsp3) is 0.429. The summed E-state index contributed by atoms with van der Waals surface area (Å²) in [5.74, 6) is -0.741. The Labute approximate surface area is 211 Å². The maximum Gasteiger partial charge on any atom is 0.251 e. The van der Waals surface area contributed by atoms with Crippen molar-refractivity contribution in [3.63, 3.8) is 0 Å². The predicted molar refractivity (Wildman–Crippen MR) is 137 cm³/mol. The number of amides is 4. The Morgan fingerprint density at radius 1 is 0.528 bits per heavy atom. The lowest BCUT2D eigenvalue weighted by Gasteiger charge is -2.38. The summed E-state index contributed by atoms with van der Waals surface area (Å²) < 4.78 is 0. The Morgan fingerprint density at radius 3 is 1.14 bits per heavy atom. The molecule has 8 nitrogen and oxygen atoms in total. The number of aryl methyl sites for hydroxylation is 4. The van der Waals surface area contributed by atoms with Crippen molar-refractivity contribution in [3.8, 4) is 0 Å². The van der Waals surface area contributed by atoms with Gasteiger partial charge in [-0.25, -0.2) is 9.80 Å². The minimum atomic E-state index is -0.492. The molecular formula is C28H32N4O4. The van der Waals surface area contributed by atoms with Crippen LogP contribution in [0.15, 0.2) is 36.4 Å². The summed E-state index contributed by atoms with van der Waals surface area (Å²) in [5.41, 5.74) is 5.29. The van der Waals surface area contributed by atoms with E-state index in [4.69, 9.17) is 0 Å². The van der Waals surface area contributed by atoms with Crippen molar-refractivity contribution in [2.45, 2.75) is 52.6 Å². The molecule has 2 atom stereocenters. The molecular weight excluding hydrogens is 456 g/mol. The van der Waals surface area contributed by atoms with Crippen LogP contribution in [0.2, 0.25) is 0 Å². The normalized spacial score (nSPS) is 23.9. The van der Waals surface area contributed by atoms with Crippen molar-refractivity contribution in [1.29, 1.82) is 0 Å². The number of piperazine rings is 1. The number of hydrogen-bond donors (Lipinski definition) is 0.